The molecule has 0 saturated carbocycles. The molecule has 0 amide bonds. The minimum Gasteiger partial charge on any atom is -0.467 e. The highest BCUT2D eigenvalue weighted by atomic mass is 16.5. The first-order valence-electron chi connectivity index (χ1n) is 8.59. The van der Waals surface area contributed by atoms with Gasteiger partial charge in [-0.15, -0.1) is 0 Å². The molecule has 0 aliphatic rings. The van der Waals surface area contributed by atoms with Gasteiger partial charge in [-0.1, -0.05) is 5.16 Å². The summed E-state index contributed by atoms with van der Waals surface area (Å²) in [5, 5.41) is 8.30. The van der Waals surface area contributed by atoms with E-state index in [1.807, 2.05) is 31.2 Å². The van der Waals surface area contributed by atoms with Gasteiger partial charge in [0.2, 0.25) is 0 Å². The molecule has 0 spiro atoms. The molecule has 0 fully saturated rings. The van der Waals surface area contributed by atoms with Crippen molar-refractivity contribution in [2.24, 2.45) is 0 Å². The maximum atomic E-state index is 5.46. The van der Waals surface area contributed by atoms with E-state index in [2.05, 4.69) is 25.4 Å². The summed E-state index contributed by atoms with van der Waals surface area (Å²) in [5.41, 5.74) is 3.10. The molecular weight excluding hydrogens is 346 g/mol. The Morgan fingerprint density at radius 2 is 2.11 bits per heavy atom. The number of anilines is 1. The molecule has 4 aromatic heterocycles. The third kappa shape index (κ3) is 3.65. The molecule has 1 N–H and O–H groups in total. The summed E-state index contributed by atoms with van der Waals surface area (Å²) in [6.45, 7) is 2.98. The molecule has 4 aromatic rings. The molecule has 0 atom stereocenters. The Morgan fingerprint density at radius 3 is 2.93 bits per heavy atom. The molecule has 27 heavy (non-hydrogen) atoms. The number of nitrogens with zero attached hydrogens (tertiary/aromatic N) is 4. The van der Waals surface area contributed by atoms with Crippen LogP contribution in [0.15, 0.2) is 45.7 Å². The first-order chi connectivity index (χ1) is 13.2. The number of hydrogen-bond donors (Lipinski definition) is 1. The molecule has 8 heteroatoms. The second-order valence-electron chi connectivity index (χ2n) is 6.06. The minimum absolute atomic E-state index is 0.401. The van der Waals surface area contributed by atoms with E-state index in [9.17, 15) is 0 Å². The number of pyridine rings is 2. The van der Waals surface area contributed by atoms with Crippen molar-refractivity contribution >= 4 is 16.7 Å². The van der Waals surface area contributed by atoms with Crippen LogP contribution >= 0.6 is 0 Å². The number of rotatable bonds is 7. The predicted molar refractivity (Wildman–Crippen MR) is 99.2 cm³/mol. The van der Waals surface area contributed by atoms with Crippen molar-refractivity contribution in [3.05, 3.63) is 54.0 Å². The van der Waals surface area contributed by atoms with Crippen LogP contribution in [-0.2, 0) is 17.7 Å². The topological polar surface area (TPSA) is 99.1 Å². The van der Waals surface area contributed by atoms with Gasteiger partial charge in [-0.2, -0.15) is 4.98 Å². The highest BCUT2D eigenvalue weighted by Crippen LogP contribution is 2.32. The Balaban J connectivity index is 1.75. The van der Waals surface area contributed by atoms with Crippen LogP contribution in [0.5, 0.6) is 0 Å². The van der Waals surface area contributed by atoms with Crippen molar-refractivity contribution in [2.45, 2.75) is 19.9 Å². The van der Waals surface area contributed by atoms with Crippen molar-refractivity contribution in [3.8, 4) is 11.5 Å². The number of hydrogen-bond acceptors (Lipinski definition) is 8. The summed E-state index contributed by atoms with van der Waals surface area (Å²) in [6.07, 6.45) is 3.93. The fourth-order valence-corrected chi connectivity index (χ4v) is 2.77. The number of ether oxygens (including phenoxy) is 1. The molecule has 4 rings (SSSR count). The molecule has 0 aliphatic heterocycles. The third-order valence-corrected chi connectivity index (χ3v) is 4.12. The maximum absolute atomic E-state index is 5.46. The number of aryl methyl sites for hydroxylation is 1. The first kappa shape index (κ1) is 17.2. The molecule has 0 aromatic carbocycles. The van der Waals surface area contributed by atoms with Crippen molar-refractivity contribution in [2.75, 3.05) is 19.0 Å². The van der Waals surface area contributed by atoms with Crippen LogP contribution in [0.1, 0.15) is 17.3 Å². The van der Waals surface area contributed by atoms with Crippen LogP contribution in [0.2, 0.25) is 0 Å². The molecule has 8 nitrogen and oxygen atoms in total. The van der Waals surface area contributed by atoms with Gasteiger partial charge in [-0.25, -0.2) is 9.97 Å². The van der Waals surface area contributed by atoms with Crippen LogP contribution < -0.4 is 5.32 Å². The Labute approximate surface area is 155 Å². The van der Waals surface area contributed by atoms with Gasteiger partial charge in [-0.05, 0) is 31.2 Å². The molecule has 0 unspecified atom stereocenters. The van der Waals surface area contributed by atoms with Gasteiger partial charge in [-0.3, -0.25) is 0 Å². The van der Waals surface area contributed by atoms with Gasteiger partial charge in [0.15, 0.2) is 11.5 Å². The Morgan fingerprint density at radius 1 is 1.19 bits per heavy atom. The quantitative estimate of drug-likeness (QED) is 0.532. The largest absolute Gasteiger partial charge is 0.467 e. The summed E-state index contributed by atoms with van der Waals surface area (Å²) >= 11 is 0. The molecule has 138 valence electrons. The van der Waals surface area contributed by atoms with E-state index in [0.717, 1.165) is 28.1 Å². The minimum atomic E-state index is 0.401. The van der Waals surface area contributed by atoms with Crippen molar-refractivity contribution < 1.29 is 13.7 Å². The normalized spacial score (nSPS) is 11.2. The second-order valence-corrected chi connectivity index (χ2v) is 6.06. The van der Waals surface area contributed by atoms with Gasteiger partial charge in [0.25, 0.3) is 5.89 Å². The monoisotopic (exact) mass is 365 g/mol. The van der Waals surface area contributed by atoms with Gasteiger partial charge < -0.3 is 19.0 Å². The molecule has 0 saturated heterocycles. The lowest BCUT2D eigenvalue weighted by atomic mass is 10.1. The van der Waals surface area contributed by atoms with Crippen LogP contribution in [0.3, 0.4) is 0 Å². The summed E-state index contributed by atoms with van der Waals surface area (Å²) in [5.74, 6) is 1.81. The zero-order valence-electron chi connectivity index (χ0n) is 15.1. The van der Waals surface area contributed by atoms with E-state index < -0.39 is 0 Å². The average Bonchev–Trinajstić information content (AvgIpc) is 3.36. The summed E-state index contributed by atoms with van der Waals surface area (Å²) in [4.78, 5) is 13.4. The fraction of sp³-hybridized carbons (Fsp3) is 0.263. The van der Waals surface area contributed by atoms with E-state index in [4.69, 9.17) is 13.7 Å². The van der Waals surface area contributed by atoms with Crippen molar-refractivity contribution in [1.82, 2.24) is 20.1 Å². The lowest BCUT2D eigenvalue weighted by Gasteiger charge is -2.12. The molecule has 0 bridgehead atoms. The second kappa shape index (κ2) is 7.55. The standard InChI is InChI=1S/C19H19N5O3/c1-12-5-6-14-17(20-10-13-4-3-8-26-13)15(11-21-18(14)22-12)19-23-16(24-27-19)7-9-25-2/h3-6,8,11H,7,9-10H2,1-2H3,(H,20,21,22). The van der Waals surface area contributed by atoms with Crippen LogP contribution in [0, 0.1) is 6.92 Å². The third-order valence-electron chi connectivity index (χ3n) is 4.12. The summed E-state index contributed by atoms with van der Waals surface area (Å²) in [6, 6.07) is 7.70. The zero-order chi connectivity index (χ0) is 18.6. The number of nitrogens with one attached hydrogen (secondary N) is 1. The van der Waals surface area contributed by atoms with Gasteiger partial charge >= 0.3 is 0 Å². The maximum Gasteiger partial charge on any atom is 0.261 e. The SMILES string of the molecule is COCCc1noc(-c2cnc3nc(C)ccc3c2NCc2ccco2)n1. The van der Waals surface area contributed by atoms with Gasteiger partial charge in [0.1, 0.15) is 5.76 Å². The summed E-state index contributed by atoms with van der Waals surface area (Å²) < 4.78 is 15.9. The number of aromatic nitrogens is 4. The van der Waals surface area contributed by atoms with Gasteiger partial charge in [0, 0.05) is 30.8 Å². The number of furan rings is 1. The highest BCUT2D eigenvalue weighted by Gasteiger charge is 2.17. The van der Waals surface area contributed by atoms with E-state index in [-0.39, 0.29) is 0 Å². The van der Waals surface area contributed by atoms with E-state index in [1.54, 1.807) is 19.6 Å². The molecule has 0 radical (unpaired) electrons. The first-order valence-corrected chi connectivity index (χ1v) is 8.59. The van der Waals surface area contributed by atoms with E-state index in [1.165, 1.54) is 0 Å². The van der Waals surface area contributed by atoms with Crippen LogP contribution in [0.4, 0.5) is 5.69 Å². The molecule has 4 heterocycles. The van der Waals surface area contributed by atoms with Crippen LogP contribution in [0.25, 0.3) is 22.5 Å². The number of fused-ring (bicyclic) bond motifs is 1. The Kier molecular flexibility index (Phi) is 4.80. The zero-order valence-corrected chi connectivity index (χ0v) is 15.1. The van der Waals surface area contributed by atoms with Crippen LogP contribution in [-0.4, -0.2) is 33.8 Å². The highest BCUT2D eigenvalue weighted by molar-refractivity contribution is 5.96. The number of methoxy groups -OCH3 is 1. The van der Waals surface area contributed by atoms with Crippen molar-refractivity contribution in [1.29, 1.82) is 0 Å². The lowest BCUT2D eigenvalue weighted by Crippen LogP contribution is -2.03. The molecule has 0 aliphatic carbocycles. The lowest BCUT2D eigenvalue weighted by molar-refractivity contribution is 0.199. The van der Waals surface area contributed by atoms with E-state index >= 15 is 0 Å². The predicted octanol–water partition coefficient (Wildman–Crippen LogP) is 3.38. The van der Waals surface area contributed by atoms with Gasteiger partial charge in [0.05, 0.1) is 30.7 Å². The average molecular weight is 365 g/mol. The fourth-order valence-electron chi connectivity index (χ4n) is 2.77. The molecular formula is C19H19N5O3. The van der Waals surface area contributed by atoms with E-state index in [0.29, 0.717) is 36.9 Å². The van der Waals surface area contributed by atoms with Crippen molar-refractivity contribution in [3.63, 3.8) is 0 Å². The Bertz CT molecular complexity index is 1040. The summed E-state index contributed by atoms with van der Waals surface area (Å²) in [7, 11) is 1.64. The smallest absolute Gasteiger partial charge is 0.261 e. The Hall–Kier alpha value is -3.26.